The number of nitrogens with two attached hydrogens (primary N) is 1. The van der Waals surface area contributed by atoms with Crippen LogP contribution in [0.4, 0.5) is 5.82 Å². The summed E-state index contributed by atoms with van der Waals surface area (Å²) in [7, 11) is 0. The molecule has 2 aromatic rings. The Morgan fingerprint density at radius 3 is 3.10 bits per heavy atom. The molecule has 0 bridgehead atoms. The van der Waals surface area contributed by atoms with Crippen molar-refractivity contribution in [3.8, 4) is 0 Å². The van der Waals surface area contributed by atoms with Gasteiger partial charge >= 0.3 is 0 Å². The summed E-state index contributed by atoms with van der Waals surface area (Å²) in [6.45, 7) is 3.72. The fourth-order valence-corrected chi connectivity index (χ4v) is 3.08. The molecule has 21 heavy (non-hydrogen) atoms. The predicted molar refractivity (Wildman–Crippen MR) is 78.6 cm³/mol. The van der Waals surface area contributed by atoms with Gasteiger partial charge in [-0.15, -0.1) is 0 Å². The number of rotatable bonds is 3. The van der Waals surface area contributed by atoms with Gasteiger partial charge in [0.15, 0.2) is 17.3 Å². The Kier molecular flexibility index (Phi) is 3.23. The molecule has 3 N–H and O–H groups in total. The van der Waals surface area contributed by atoms with Crippen molar-refractivity contribution < 1.29 is 4.74 Å². The van der Waals surface area contributed by atoms with Crippen LogP contribution < -0.4 is 5.73 Å². The minimum Gasteiger partial charge on any atom is -0.382 e. The summed E-state index contributed by atoms with van der Waals surface area (Å²) >= 11 is 0. The molecule has 0 amide bonds. The summed E-state index contributed by atoms with van der Waals surface area (Å²) < 4.78 is 5.85. The van der Waals surface area contributed by atoms with Crippen LogP contribution in [-0.2, 0) is 4.74 Å². The summed E-state index contributed by atoms with van der Waals surface area (Å²) in [6.07, 6.45) is 5.59. The van der Waals surface area contributed by atoms with Crippen LogP contribution in [0.5, 0.6) is 0 Å². The highest BCUT2D eigenvalue weighted by Gasteiger charge is 2.28. The number of ether oxygens (including phenoxy) is 1. The van der Waals surface area contributed by atoms with Gasteiger partial charge in [-0.05, 0) is 18.8 Å². The number of nitrogens with one attached hydrogen (secondary N) is 1. The Hall–Kier alpha value is -1.73. The van der Waals surface area contributed by atoms with Gasteiger partial charge in [-0.3, -0.25) is 4.90 Å². The molecule has 1 aliphatic carbocycles. The van der Waals surface area contributed by atoms with E-state index < -0.39 is 0 Å². The van der Waals surface area contributed by atoms with E-state index in [2.05, 4.69) is 24.8 Å². The van der Waals surface area contributed by atoms with E-state index in [1.165, 1.54) is 25.8 Å². The Labute approximate surface area is 122 Å². The molecular formula is C14H20N6O. The molecule has 7 nitrogen and oxygen atoms in total. The monoisotopic (exact) mass is 288 g/mol. The van der Waals surface area contributed by atoms with Crippen molar-refractivity contribution in [1.82, 2.24) is 24.8 Å². The molecule has 1 saturated carbocycles. The lowest BCUT2D eigenvalue weighted by molar-refractivity contribution is -0.0419. The zero-order valence-electron chi connectivity index (χ0n) is 12.0. The number of aromatic nitrogens is 4. The van der Waals surface area contributed by atoms with Crippen molar-refractivity contribution in [3.63, 3.8) is 0 Å². The summed E-state index contributed by atoms with van der Waals surface area (Å²) in [4.78, 5) is 18.5. The first-order valence-electron chi connectivity index (χ1n) is 7.60. The second kappa shape index (κ2) is 5.23. The molecule has 7 heteroatoms. The number of hydrogen-bond donors (Lipinski definition) is 2. The molecule has 4 rings (SSSR count). The topological polar surface area (TPSA) is 92.9 Å². The van der Waals surface area contributed by atoms with Crippen LogP contribution in [0.25, 0.3) is 11.2 Å². The number of H-pyrrole nitrogens is 1. The lowest BCUT2D eigenvalue weighted by Crippen LogP contribution is -2.42. The van der Waals surface area contributed by atoms with E-state index in [0.717, 1.165) is 25.6 Å². The Bertz CT molecular complexity index is 637. The maximum atomic E-state index is 5.96. The van der Waals surface area contributed by atoms with Gasteiger partial charge in [0, 0.05) is 19.6 Å². The molecule has 2 fully saturated rings. The van der Waals surface area contributed by atoms with Gasteiger partial charge in [-0.2, -0.15) is 0 Å². The third-order valence-electron chi connectivity index (χ3n) is 4.51. The van der Waals surface area contributed by atoms with Crippen LogP contribution >= 0.6 is 0 Å². The number of nitrogen functional groups attached to an aromatic ring is 1. The van der Waals surface area contributed by atoms with Crippen molar-refractivity contribution in [3.05, 3.63) is 12.2 Å². The molecule has 1 unspecified atom stereocenters. The normalized spacial score (nSPS) is 24.3. The lowest BCUT2D eigenvalue weighted by Gasteiger charge is -2.37. The van der Waals surface area contributed by atoms with Gasteiger partial charge in [0.05, 0.1) is 12.9 Å². The Balaban J connectivity index is 1.53. The molecule has 0 spiro atoms. The van der Waals surface area contributed by atoms with Gasteiger partial charge in [0.25, 0.3) is 0 Å². The minimum absolute atomic E-state index is 0.109. The number of imidazole rings is 1. The quantitative estimate of drug-likeness (QED) is 0.879. The van der Waals surface area contributed by atoms with Crippen molar-refractivity contribution >= 4 is 17.0 Å². The van der Waals surface area contributed by atoms with Crippen LogP contribution in [0.15, 0.2) is 6.33 Å². The van der Waals surface area contributed by atoms with Gasteiger partial charge in [-0.1, -0.05) is 6.42 Å². The summed E-state index contributed by atoms with van der Waals surface area (Å²) in [5.74, 6) is 1.95. The van der Waals surface area contributed by atoms with E-state index in [1.807, 2.05) is 0 Å². The first-order valence-corrected chi connectivity index (χ1v) is 7.60. The highest BCUT2D eigenvalue weighted by Crippen LogP contribution is 2.29. The average Bonchev–Trinajstić information content (AvgIpc) is 2.92. The van der Waals surface area contributed by atoms with E-state index in [1.54, 1.807) is 6.33 Å². The summed E-state index contributed by atoms with van der Waals surface area (Å²) in [5.41, 5.74) is 7.27. The molecule has 2 aromatic heterocycles. The largest absolute Gasteiger partial charge is 0.382 e. The summed E-state index contributed by atoms with van der Waals surface area (Å²) in [5, 5.41) is 0. The zero-order valence-corrected chi connectivity index (χ0v) is 12.0. The lowest BCUT2D eigenvalue weighted by atomic mass is 9.85. The van der Waals surface area contributed by atoms with Crippen molar-refractivity contribution in [1.29, 1.82) is 0 Å². The van der Waals surface area contributed by atoms with Crippen LogP contribution in [0.1, 0.15) is 31.2 Å². The SMILES string of the molecule is Nc1nc(C2CN(CC3CCC3)CCO2)nc2nc[nH]c12. The number of hydrogen-bond acceptors (Lipinski definition) is 6. The number of nitrogens with zero attached hydrogens (tertiary/aromatic N) is 4. The van der Waals surface area contributed by atoms with Crippen molar-refractivity contribution in [2.24, 2.45) is 5.92 Å². The predicted octanol–water partition coefficient (Wildman–Crippen LogP) is 1.11. The number of aromatic amines is 1. The van der Waals surface area contributed by atoms with E-state index >= 15 is 0 Å². The zero-order chi connectivity index (χ0) is 14.2. The fraction of sp³-hybridized carbons (Fsp3) is 0.643. The van der Waals surface area contributed by atoms with Gasteiger partial charge in [0.2, 0.25) is 0 Å². The minimum atomic E-state index is -0.109. The van der Waals surface area contributed by atoms with Gasteiger partial charge in [-0.25, -0.2) is 15.0 Å². The third kappa shape index (κ3) is 2.47. The highest BCUT2D eigenvalue weighted by molar-refractivity contribution is 5.80. The Morgan fingerprint density at radius 1 is 1.38 bits per heavy atom. The van der Waals surface area contributed by atoms with Crippen LogP contribution in [-0.4, -0.2) is 51.1 Å². The second-order valence-corrected chi connectivity index (χ2v) is 5.98. The van der Waals surface area contributed by atoms with E-state index in [-0.39, 0.29) is 6.10 Å². The average molecular weight is 288 g/mol. The van der Waals surface area contributed by atoms with Crippen molar-refractivity contribution in [2.45, 2.75) is 25.4 Å². The van der Waals surface area contributed by atoms with E-state index in [9.17, 15) is 0 Å². The molecule has 1 atom stereocenters. The number of fused-ring (bicyclic) bond motifs is 1. The van der Waals surface area contributed by atoms with Crippen molar-refractivity contribution in [2.75, 3.05) is 32.0 Å². The van der Waals surface area contributed by atoms with E-state index in [4.69, 9.17) is 10.5 Å². The fourth-order valence-electron chi connectivity index (χ4n) is 3.08. The maximum Gasteiger partial charge on any atom is 0.183 e. The molecule has 1 aliphatic heterocycles. The van der Waals surface area contributed by atoms with Crippen LogP contribution in [0.3, 0.4) is 0 Å². The first kappa shape index (κ1) is 13.0. The molecule has 1 saturated heterocycles. The molecule has 0 aromatic carbocycles. The highest BCUT2D eigenvalue weighted by atomic mass is 16.5. The first-order chi connectivity index (χ1) is 10.3. The molecule has 2 aliphatic rings. The molecular weight excluding hydrogens is 268 g/mol. The molecule has 0 radical (unpaired) electrons. The molecule has 112 valence electrons. The number of morpholine rings is 1. The smallest absolute Gasteiger partial charge is 0.183 e. The van der Waals surface area contributed by atoms with Gasteiger partial charge < -0.3 is 15.5 Å². The molecule has 3 heterocycles. The van der Waals surface area contributed by atoms with E-state index in [0.29, 0.717) is 22.8 Å². The van der Waals surface area contributed by atoms with Crippen LogP contribution in [0.2, 0.25) is 0 Å². The second-order valence-electron chi connectivity index (χ2n) is 5.98. The number of anilines is 1. The summed E-state index contributed by atoms with van der Waals surface area (Å²) in [6, 6.07) is 0. The van der Waals surface area contributed by atoms with Gasteiger partial charge in [0.1, 0.15) is 11.6 Å². The van der Waals surface area contributed by atoms with Crippen LogP contribution in [0, 0.1) is 5.92 Å². The standard InChI is InChI=1S/C14H20N6O/c15-12-11-14(17-8-16-11)19-13(18-12)10-7-20(4-5-21-10)6-9-2-1-3-9/h8-10H,1-7H2,(H3,15,16,17,18,19). The Morgan fingerprint density at radius 2 is 2.29 bits per heavy atom. The maximum absolute atomic E-state index is 5.96. The third-order valence-corrected chi connectivity index (χ3v) is 4.51.